The molecule has 0 spiro atoms. The molecule has 0 saturated carbocycles. The quantitative estimate of drug-likeness (QED) is 0.503. The van der Waals surface area contributed by atoms with Crippen LogP contribution in [0.2, 0.25) is 0 Å². The standard InChI is InChI=1S/C13H13NO.C8H10O.C2H6.2CH4/c1-2-12-10-15-13(14-12)9-8-11-6-4-3-5-7-11;1-2-7-4-3-5-8(9)6-7;1-2;;/h3-10H,2H2,1H3;3-6,9H,2H2,1H3;1-2H3;2*1H4. The molecule has 0 unspecified atom stereocenters. The van der Waals surface area contributed by atoms with Crippen molar-refractivity contribution < 1.29 is 9.52 Å². The number of oxazole rings is 1. The summed E-state index contributed by atoms with van der Waals surface area (Å²) in [5.74, 6) is 1.02. The highest BCUT2D eigenvalue weighted by atomic mass is 16.3. The predicted octanol–water partition coefficient (Wildman–Crippen LogP) is 7.66. The van der Waals surface area contributed by atoms with Gasteiger partial charge in [0.2, 0.25) is 5.89 Å². The van der Waals surface area contributed by atoms with Gasteiger partial charge in [-0.3, -0.25) is 0 Å². The van der Waals surface area contributed by atoms with Gasteiger partial charge in [-0.2, -0.15) is 0 Å². The molecule has 3 rings (SSSR count). The van der Waals surface area contributed by atoms with Crippen molar-refractivity contribution in [1.82, 2.24) is 4.98 Å². The number of aromatic hydroxyl groups is 1. The molecule has 0 aliphatic heterocycles. The van der Waals surface area contributed by atoms with E-state index in [1.165, 1.54) is 5.56 Å². The van der Waals surface area contributed by atoms with E-state index in [4.69, 9.17) is 9.52 Å². The maximum atomic E-state index is 8.94. The second kappa shape index (κ2) is 16.4. The zero-order chi connectivity index (χ0) is 19.2. The van der Waals surface area contributed by atoms with Gasteiger partial charge in [-0.25, -0.2) is 4.98 Å². The van der Waals surface area contributed by atoms with Gasteiger partial charge < -0.3 is 9.52 Å². The molecule has 2 aromatic carbocycles. The molecule has 0 amide bonds. The van der Waals surface area contributed by atoms with Crippen LogP contribution in [-0.2, 0) is 12.8 Å². The molecule has 0 radical (unpaired) electrons. The predicted molar refractivity (Wildman–Crippen MR) is 124 cm³/mol. The number of hydrogen-bond acceptors (Lipinski definition) is 3. The van der Waals surface area contributed by atoms with Gasteiger partial charge in [0.1, 0.15) is 12.0 Å². The lowest BCUT2D eigenvalue weighted by molar-refractivity contribution is 0.474. The van der Waals surface area contributed by atoms with Crippen LogP contribution in [0.25, 0.3) is 12.2 Å². The summed E-state index contributed by atoms with van der Waals surface area (Å²) in [6, 6.07) is 17.4. The number of aryl methyl sites for hydroxylation is 2. The summed E-state index contributed by atoms with van der Waals surface area (Å²) in [6.45, 7) is 8.12. The third-order valence-electron chi connectivity index (χ3n) is 3.47. The lowest BCUT2D eigenvalue weighted by Crippen LogP contribution is -1.78. The van der Waals surface area contributed by atoms with Crippen molar-refractivity contribution in [1.29, 1.82) is 0 Å². The number of phenols is 1. The minimum absolute atomic E-state index is 0. The zero-order valence-electron chi connectivity index (χ0n) is 16.1. The van der Waals surface area contributed by atoms with Gasteiger partial charge in [0.15, 0.2) is 0 Å². The maximum absolute atomic E-state index is 8.94. The van der Waals surface area contributed by atoms with Crippen LogP contribution >= 0.6 is 0 Å². The van der Waals surface area contributed by atoms with Crippen molar-refractivity contribution in [2.75, 3.05) is 0 Å². The summed E-state index contributed by atoms with van der Waals surface area (Å²) in [7, 11) is 0. The van der Waals surface area contributed by atoms with Crippen LogP contribution in [0.1, 0.15) is 65.3 Å². The van der Waals surface area contributed by atoms with Gasteiger partial charge in [0.25, 0.3) is 0 Å². The fourth-order valence-electron chi connectivity index (χ4n) is 2.07. The fourth-order valence-corrected chi connectivity index (χ4v) is 2.07. The van der Waals surface area contributed by atoms with Crippen LogP contribution in [0, 0.1) is 0 Å². The fraction of sp³-hybridized carbons (Fsp3) is 0.320. The van der Waals surface area contributed by atoms with E-state index in [-0.39, 0.29) is 14.9 Å². The van der Waals surface area contributed by atoms with Gasteiger partial charge in [-0.15, -0.1) is 0 Å². The molecule has 154 valence electrons. The van der Waals surface area contributed by atoms with E-state index in [1.807, 2.05) is 68.5 Å². The molecule has 3 heteroatoms. The highest BCUT2D eigenvalue weighted by Gasteiger charge is 1.97. The molecule has 1 N–H and O–H groups in total. The molecular formula is C25H37NO2. The summed E-state index contributed by atoms with van der Waals surface area (Å²) < 4.78 is 5.28. The van der Waals surface area contributed by atoms with Gasteiger partial charge in [-0.1, -0.05) is 85.0 Å². The number of nitrogens with zero attached hydrogens (tertiary/aromatic N) is 1. The normalized spacial score (nSPS) is 9.14. The average molecular weight is 384 g/mol. The Bertz CT molecular complexity index is 761. The number of hydrogen-bond donors (Lipinski definition) is 1. The smallest absolute Gasteiger partial charge is 0.218 e. The lowest BCUT2D eigenvalue weighted by Gasteiger charge is -1.94. The summed E-state index contributed by atoms with van der Waals surface area (Å²) in [4.78, 5) is 4.29. The maximum Gasteiger partial charge on any atom is 0.218 e. The van der Waals surface area contributed by atoms with Gasteiger partial charge in [0.05, 0.1) is 5.69 Å². The summed E-state index contributed by atoms with van der Waals surface area (Å²) in [5.41, 5.74) is 3.31. The van der Waals surface area contributed by atoms with Crippen LogP contribution in [0.3, 0.4) is 0 Å². The van der Waals surface area contributed by atoms with Gasteiger partial charge >= 0.3 is 0 Å². The third-order valence-corrected chi connectivity index (χ3v) is 3.47. The molecule has 0 aliphatic carbocycles. The number of rotatable bonds is 4. The van der Waals surface area contributed by atoms with Crippen LogP contribution in [-0.4, -0.2) is 10.1 Å². The molecule has 0 fully saturated rings. The van der Waals surface area contributed by atoms with Crippen LogP contribution < -0.4 is 0 Å². The highest BCUT2D eigenvalue weighted by Crippen LogP contribution is 2.10. The lowest BCUT2D eigenvalue weighted by atomic mass is 10.2. The average Bonchev–Trinajstić information content (AvgIpc) is 3.17. The Morgan fingerprint density at radius 1 is 0.893 bits per heavy atom. The van der Waals surface area contributed by atoms with Gasteiger partial charge in [0, 0.05) is 6.08 Å². The van der Waals surface area contributed by atoms with Crippen molar-refractivity contribution in [3.8, 4) is 5.75 Å². The molecule has 0 saturated heterocycles. The van der Waals surface area contributed by atoms with Crippen molar-refractivity contribution >= 4 is 12.2 Å². The monoisotopic (exact) mass is 383 g/mol. The molecule has 1 heterocycles. The first-order valence-electron chi connectivity index (χ1n) is 9.16. The Morgan fingerprint density at radius 2 is 1.57 bits per heavy atom. The van der Waals surface area contributed by atoms with E-state index < -0.39 is 0 Å². The Hall–Kier alpha value is -2.81. The van der Waals surface area contributed by atoms with E-state index in [0.29, 0.717) is 11.6 Å². The van der Waals surface area contributed by atoms with Crippen molar-refractivity contribution in [3.05, 3.63) is 83.6 Å². The second-order valence-corrected chi connectivity index (χ2v) is 5.30. The highest BCUT2D eigenvalue weighted by molar-refractivity contribution is 5.65. The van der Waals surface area contributed by atoms with Crippen molar-refractivity contribution in [2.24, 2.45) is 0 Å². The van der Waals surface area contributed by atoms with E-state index in [1.54, 1.807) is 18.4 Å². The molecule has 0 aliphatic rings. The topological polar surface area (TPSA) is 46.3 Å². The minimum atomic E-state index is 0. The Balaban J connectivity index is 0. The third kappa shape index (κ3) is 10.4. The first kappa shape index (κ1) is 27.4. The largest absolute Gasteiger partial charge is 0.508 e. The molecule has 3 nitrogen and oxygen atoms in total. The molecule has 3 aromatic rings. The minimum Gasteiger partial charge on any atom is -0.508 e. The first-order chi connectivity index (χ1) is 12.7. The SMILES string of the molecule is C.C.CC.CCc1cccc(O)c1.CCc1coc(C=Cc2ccccc2)n1. The van der Waals surface area contributed by atoms with E-state index in [2.05, 4.69) is 18.8 Å². The Labute approximate surface area is 171 Å². The first-order valence-corrected chi connectivity index (χ1v) is 9.16. The Kier molecular flexibility index (Phi) is 16.0. The van der Waals surface area contributed by atoms with Crippen molar-refractivity contribution in [2.45, 2.75) is 55.4 Å². The zero-order valence-corrected chi connectivity index (χ0v) is 16.1. The molecular weight excluding hydrogens is 346 g/mol. The Morgan fingerprint density at radius 3 is 2.07 bits per heavy atom. The summed E-state index contributed by atoms with van der Waals surface area (Å²) in [6.07, 6.45) is 7.46. The van der Waals surface area contributed by atoms with E-state index in [9.17, 15) is 0 Å². The van der Waals surface area contributed by atoms with Crippen LogP contribution in [0.15, 0.2) is 65.3 Å². The van der Waals surface area contributed by atoms with Crippen molar-refractivity contribution in [3.63, 3.8) is 0 Å². The number of benzene rings is 2. The van der Waals surface area contributed by atoms with Gasteiger partial charge in [-0.05, 0) is 42.2 Å². The van der Waals surface area contributed by atoms with E-state index >= 15 is 0 Å². The molecule has 28 heavy (non-hydrogen) atoms. The summed E-state index contributed by atoms with van der Waals surface area (Å²) in [5, 5.41) is 8.94. The second-order valence-electron chi connectivity index (χ2n) is 5.30. The molecule has 1 aromatic heterocycles. The summed E-state index contributed by atoms with van der Waals surface area (Å²) >= 11 is 0. The molecule has 0 bridgehead atoms. The molecule has 0 atom stereocenters. The number of aromatic nitrogens is 1. The van der Waals surface area contributed by atoms with Crippen LogP contribution in [0.5, 0.6) is 5.75 Å². The number of phenolic OH excluding ortho intramolecular Hbond substituents is 1. The van der Waals surface area contributed by atoms with E-state index in [0.717, 1.165) is 24.1 Å². The van der Waals surface area contributed by atoms with Crippen LogP contribution in [0.4, 0.5) is 0 Å².